The summed E-state index contributed by atoms with van der Waals surface area (Å²) in [6.07, 6.45) is 0.716. The number of benzene rings is 2. The molecule has 0 bridgehead atoms. The highest BCUT2D eigenvalue weighted by Crippen LogP contribution is 2.24. The number of hydrogen-bond acceptors (Lipinski definition) is 2. The molecule has 2 rings (SSSR count). The van der Waals surface area contributed by atoms with Gasteiger partial charge >= 0.3 is 0 Å². The van der Waals surface area contributed by atoms with Crippen molar-refractivity contribution in [1.82, 2.24) is 5.32 Å². The largest absolute Gasteiger partial charge is 0.494 e. The molecule has 0 fully saturated rings. The van der Waals surface area contributed by atoms with E-state index in [0.717, 1.165) is 15.6 Å². The highest BCUT2D eigenvalue weighted by molar-refractivity contribution is 9.10. The Kier molecular flexibility index (Phi) is 5.15. The number of rotatable bonds is 5. The fourth-order valence-electron chi connectivity index (χ4n) is 2.18. The first-order valence-electron chi connectivity index (χ1n) is 6.39. The van der Waals surface area contributed by atoms with Gasteiger partial charge < -0.3 is 10.1 Å². The van der Waals surface area contributed by atoms with E-state index < -0.39 is 0 Å². The van der Waals surface area contributed by atoms with Crippen LogP contribution in [0.3, 0.4) is 0 Å². The van der Waals surface area contributed by atoms with Gasteiger partial charge in [0.25, 0.3) is 0 Å². The van der Waals surface area contributed by atoms with Crippen LogP contribution in [0.5, 0.6) is 5.75 Å². The monoisotopic (exact) mass is 337 g/mol. The van der Waals surface area contributed by atoms with E-state index in [2.05, 4.69) is 33.4 Å². The van der Waals surface area contributed by atoms with Gasteiger partial charge in [0, 0.05) is 10.5 Å². The molecule has 0 aromatic heterocycles. The Hall–Kier alpha value is -1.39. The SMILES string of the molecule is CNC(Cc1ccc(OC)c(F)c1)c1cccc(Br)c1. The van der Waals surface area contributed by atoms with Gasteiger partial charge in [-0.3, -0.25) is 0 Å². The van der Waals surface area contributed by atoms with Crippen molar-refractivity contribution in [2.75, 3.05) is 14.2 Å². The molecule has 4 heteroatoms. The molecule has 1 unspecified atom stereocenters. The molecule has 106 valence electrons. The Morgan fingerprint density at radius 3 is 2.65 bits per heavy atom. The lowest BCUT2D eigenvalue weighted by molar-refractivity contribution is 0.386. The van der Waals surface area contributed by atoms with Crippen LogP contribution in [0.15, 0.2) is 46.9 Å². The van der Waals surface area contributed by atoms with Gasteiger partial charge in [-0.05, 0) is 48.9 Å². The summed E-state index contributed by atoms with van der Waals surface area (Å²) in [4.78, 5) is 0. The summed E-state index contributed by atoms with van der Waals surface area (Å²) >= 11 is 3.47. The zero-order valence-electron chi connectivity index (χ0n) is 11.5. The maximum Gasteiger partial charge on any atom is 0.165 e. The van der Waals surface area contributed by atoms with Gasteiger partial charge in [-0.15, -0.1) is 0 Å². The van der Waals surface area contributed by atoms with Crippen LogP contribution in [0.4, 0.5) is 4.39 Å². The van der Waals surface area contributed by atoms with E-state index in [0.29, 0.717) is 6.42 Å². The normalized spacial score (nSPS) is 12.2. The van der Waals surface area contributed by atoms with Crippen LogP contribution in [-0.4, -0.2) is 14.2 Å². The smallest absolute Gasteiger partial charge is 0.165 e. The Labute approximate surface area is 127 Å². The maximum atomic E-state index is 13.7. The van der Waals surface area contributed by atoms with Gasteiger partial charge in [0.1, 0.15) is 0 Å². The van der Waals surface area contributed by atoms with E-state index in [1.807, 2.05) is 25.2 Å². The molecular weight excluding hydrogens is 321 g/mol. The van der Waals surface area contributed by atoms with Crippen molar-refractivity contribution in [1.29, 1.82) is 0 Å². The lowest BCUT2D eigenvalue weighted by Crippen LogP contribution is -2.18. The third-order valence-corrected chi connectivity index (χ3v) is 3.75. The topological polar surface area (TPSA) is 21.3 Å². The highest BCUT2D eigenvalue weighted by atomic mass is 79.9. The molecule has 1 N–H and O–H groups in total. The van der Waals surface area contributed by atoms with Crippen LogP contribution >= 0.6 is 15.9 Å². The quantitative estimate of drug-likeness (QED) is 0.886. The van der Waals surface area contributed by atoms with Crippen LogP contribution < -0.4 is 10.1 Å². The Morgan fingerprint density at radius 2 is 2.05 bits per heavy atom. The number of halogens is 2. The first kappa shape index (κ1) is 15.0. The third-order valence-electron chi connectivity index (χ3n) is 3.26. The molecule has 0 saturated carbocycles. The number of likely N-dealkylation sites (N-methyl/N-ethyl adjacent to an activating group) is 1. The van der Waals surface area contributed by atoms with Crippen LogP contribution in [-0.2, 0) is 6.42 Å². The Bertz CT molecular complexity index is 588. The van der Waals surface area contributed by atoms with E-state index >= 15 is 0 Å². The predicted molar refractivity (Wildman–Crippen MR) is 82.6 cm³/mol. The molecule has 0 heterocycles. The second-order valence-electron chi connectivity index (χ2n) is 4.57. The van der Waals surface area contributed by atoms with Crippen molar-refractivity contribution in [3.05, 3.63) is 63.9 Å². The van der Waals surface area contributed by atoms with Crippen LogP contribution in [0.2, 0.25) is 0 Å². The molecule has 20 heavy (non-hydrogen) atoms. The average Bonchev–Trinajstić information content (AvgIpc) is 2.45. The molecule has 0 aliphatic carbocycles. The third kappa shape index (κ3) is 3.58. The van der Waals surface area contributed by atoms with Crippen molar-refractivity contribution >= 4 is 15.9 Å². The molecule has 2 nitrogen and oxygen atoms in total. The van der Waals surface area contributed by atoms with Gasteiger partial charge in [-0.25, -0.2) is 4.39 Å². The number of ether oxygens (including phenoxy) is 1. The van der Waals surface area contributed by atoms with E-state index in [1.165, 1.54) is 13.2 Å². The first-order valence-corrected chi connectivity index (χ1v) is 7.18. The van der Waals surface area contributed by atoms with Crippen molar-refractivity contribution in [3.63, 3.8) is 0 Å². The molecule has 0 saturated heterocycles. The average molecular weight is 338 g/mol. The number of hydrogen-bond donors (Lipinski definition) is 1. The molecule has 0 amide bonds. The summed E-state index contributed by atoms with van der Waals surface area (Å²) < 4.78 is 19.7. The molecular formula is C16H17BrFNO. The van der Waals surface area contributed by atoms with Gasteiger partial charge in [-0.1, -0.05) is 34.1 Å². The second kappa shape index (κ2) is 6.86. The van der Waals surface area contributed by atoms with Gasteiger partial charge in [0.05, 0.1) is 7.11 Å². The number of methoxy groups -OCH3 is 1. The Morgan fingerprint density at radius 1 is 1.25 bits per heavy atom. The first-order chi connectivity index (χ1) is 9.63. The van der Waals surface area contributed by atoms with Crippen LogP contribution in [0.25, 0.3) is 0 Å². The molecule has 0 aliphatic rings. The summed E-state index contributed by atoms with van der Waals surface area (Å²) in [6.45, 7) is 0. The van der Waals surface area contributed by atoms with Crippen molar-refractivity contribution < 1.29 is 9.13 Å². The van der Waals surface area contributed by atoms with Crippen molar-refractivity contribution in [3.8, 4) is 5.75 Å². The molecule has 0 radical (unpaired) electrons. The second-order valence-corrected chi connectivity index (χ2v) is 5.48. The summed E-state index contributed by atoms with van der Waals surface area (Å²) in [7, 11) is 3.38. The molecule has 1 atom stereocenters. The van der Waals surface area contributed by atoms with Crippen molar-refractivity contribution in [2.24, 2.45) is 0 Å². The molecule has 0 aliphatic heterocycles. The minimum absolute atomic E-state index is 0.139. The van der Waals surface area contributed by atoms with Gasteiger partial charge in [-0.2, -0.15) is 0 Å². The van der Waals surface area contributed by atoms with Crippen molar-refractivity contribution in [2.45, 2.75) is 12.5 Å². The predicted octanol–water partition coefficient (Wildman–Crippen LogP) is 4.10. The fraction of sp³-hybridized carbons (Fsp3) is 0.250. The number of nitrogens with one attached hydrogen (secondary N) is 1. The van der Waals surface area contributed by atoms with Gasteiger partial charge in [0.15, 0.2) is 11.6 Å². The lowest BCUT2D eigenvalue weighted by Gasteiger charge is -2.17. The lowest BCUT2D eigenvalue weighted by atomic mass is 9.99. The molecule has 2 aromatic carbocycles. The molecule has 0 spiro atoms. The Balaban J connectivity index is 2.20. The maximum absolute atomic E-state index is 13.7. The summed E-state index contributed by atoms with van der Waals surface area (Å²) in [6, 6.07) is 13.3. The summed E-state index contributed by atoms with van der Waals surface area (Å²) in [5.74, 6) is -0.0497. The zero-order valence-corrected chi connectivity index (χ0v) is 13.1. The minimum atomic E-state index is -0.325. The van der Waals surface area contributed by atoms with Crippen LogP contribution in [0.1, 0.15) is 17.2 Å². The summed E-state index contributed by atoms with van der Waals surface area (Å²) in [5, 5.41) is 3.27. The van der Waals surface area contributed by atoms with E-state index in [-0.39, 0.29) is 17.6 Å². The van der Waals surface area contributed by atoms with E-state index in [4.69, 9.17) is 4.74 Å². The highest BCUT2D eigenvalue weighted by Gasteiger charge is 2.12. The van der Waals surface area contributed by atoms with Gasteiger partial charge in [0.2, 0.25) is 0 Å². The van der Waals surface area contributed by atoms with Crippen LogP contribution in [0, 0.1) is 5.82 Å². The molecule has 2 aromatic rings. The minimum Gasteiger partial charge on any atom is -0.494 e. The van der Waals surface area contributed by atoms with E-state index in [9.17, 15) is 4.39 Å². The standard InChI is InChI=1S/C16H17BrFNO/c1-19-15(12-4-3-5-13(17)10-12)9-11-6-7-16(20-2)14(18)8-11/h3-8,10,15,19H,9H2,1-2H3. The van der Waals surface area contributed by atoms with E-state index in [1.54, 1.807) is 6.07 Å². The fourth-order valence-corrected chi connectivity index (χ4v) is 2.60. The zero-order chi connectivity index (χ0) is 14.5. The summed E-state index contributed by atoms with van der Waals surface area (Å²) in [5.41, 5.74) is 2.10.